The Kier molecular flexibility index (Phi) is 2.84. The second-order valence-electron chi connectivity index (χ2n) is 3.90. The van der Waals surface area contributed by atoms with Crippen LogP contribution >= 0.6 is 0 Å². The molecule has 1 N–H and O–H groups in total. The van der Waals surface area contributed by atoms with E-state index in [1.54, 1.807) is 0 Å². The number of aryl methyl sites for hydroxylation is 1. The second-order valence-corrected chi connectivity index (χ2v) is 3.90. The molecule has 1 fully saturated rings. The monoisotopic (exact) mass is 195 g/mol. The van der Waals surface area contributed by atoms with Crippen molar-refractivity contribution in [1.82, 2.24) is 14.7 Å². The van der Waals surface area contributed by atoms with Crippen molar-refractivity contribution in [2.45, 2.75) is 25.4 Å². The number of hydrogen-bond acceptors (Lipinski definition) is 3. The van der Waals surface area contributed by atoms with E-state index in [1.165, 1.54) is 12.1 Å². The Morgan fingerprint density at radius 1 is 1.64 bits per heavy atom. The van der Waals surface area contributed by atoms with Crippen LogP contribution in [0.25, 0.3) is 0 Å². The summed E-state index contributed by atoms with van der Waals surface area (Å²) >= 11 is 0. The molecule has 2 rings (SSSR count). The van der Waals surface area contributed by atoms with Crippen LogP contribution in [-0.4, -0.2) is 39.0 Å². The summed E-state index contributed by atoms with van der Waals surface area (Å²) in [5.74, 6) is 0. The van der Waals surface area contributed by atoms with Crippen LogP contribution < -0.4 is 0 Å². The highest BCUT2D eigenvalue weighted by molar-refractivity contribution is 5.00. The summed E-state index contributed by atoms with van der Waals surface area (Å²) in [5.41, 5.74) is 1.21. The van der Waals surface area contributed by atoms with Crippen LogP contribution in [0.5, 0.6) is 0 Å². The van der Waals surface area contributed by atoms with Gasteiger partial charge in [0.05, 0.1) is 12.3 Å². The smallest absolute Gasteiger partial charge is 0.0587 e. The molecular weight excluding hydrogens is 178 g/mol. The zero-order chi connectivity index (χ0) is 9.97. The first-order valence-electron chi connectivity index (χ1n) is 5.13. The Hall–Kier alpha value is -0.870. The molecule has 78 valence electrons. The maximum Gasteiger partial charge on any atom is 0.0587 e. The Balaban J connectivity index is 2.00. The molecule has 4 nitrogen and oxygen atoms in total. The fourth-order valence-corrected chi connectivity index (χ4v) is 2.07. The maximum atomic E-state index is 9.17. The molecule has 0 amide bonds. The third-order valence-corrected chi connectivity index (χ3v) is 3.00. The predicted octanol–water partition coefficient (Wildman–Crippen LogP) is 0.377. The predicted molar refractivity (Wildman–Crippen MR) is 53.7 cm³/mol. The van der Waals surface area contributed by atoms with Gasteiger partial charge in [0.1, 0.15) is 0 Å². The van der Waals surface area contributed by atoms with Gasteiger partial charge < -0.3 is 5.11 Å². The van der Waals surface area contributed by atoms with E-state index < -0.39 is 0 Å². The van der Waals surface area contributed by atoms with Crippen LogP contribution in [0.1, 0.15) is 18.5 Å². The minimum absolute atomic E-state index is 0.276. The van der Waals surface area contributed by atoms with Crippen LogP contribution in [0.15, 0.2) is 12.3 Å². The van der Waals surface area contributed by atoms with Crippen molar-refractivity contribution in [3.63, 3.8) is 0 Å². The fourth-order valence-electron chi connectivity index (χ4n) is 2.07. The minimum Gasteiger partial charge on any atom is -0.395 e. The summed E-state index contributed by atoms with van der Waals surface area (Å²) in [4.78, 5) is 2.33. The molecule has 0 radical (unpaired) electrons. The topological polar surface area (TPSA) is 41.3 Å². The molecule has 1 atom stereocenters. The lowest BCUT2D eigenvalue weighted by atomic mass is 10.2. The molecule has 2 heterocycles. The molecule has 0 saturated carbocycles. The number of hydrogen-bond donors (Lipinski definition) is 1. The molecule has 4 heteroatoms. The molecule has 14 heavy (non-hydrogen) atoms. The number of aromatic nitrogens is 2. The van der Waals surface area contributed by atoms with Gasteiger partial charge in [-0.25, -0.2) is 0 Å². The van der Waals surface area contributed by atoms with Crippen LogP contribution in [0.4, 0.5) is 0 Å². The normalized spacial score (nSPS) is 23.1. The lowest BCUT2D eigenvalue weighted by molar-refractivity contribution is 0.151. The zero-order valence-electron chi connectivity index (χ0n) is 8.56. The highest BCUT2D eigenvalue weighted by Gasteiger charge is 2.24. The van der Waals surface area contributed by atoms with Crippen molar-refractivity contribution in [3.8, 4) is 0 Å². The quantitative estimate of drug-likeness (QED) is 0.758. The van der Waals surface area contributed by atoms with Crippen LogP contribution in [0.2, 0.25) is 0 Å². The first-order chi connectivity index (χ1) is 6.81. The summed E-state index contributed by atoms with van der Waals surface area (Å²) in [5, 5.41) is 13.3. The van der Waals surface area contributed by atoms with E-state index in [9.17, 15) is 5.11 Å². The Morgan fingerprint density at radius 2 is 2.50 bits per heavy atom. The van der Waals surface area contributed by atoms with Gasteiger partial charge in [0.25, 0.3) is 0 Å². The molecule has 0 bridgehead atoms. The molecule has 1 aliphatic heterocycles. The number of aliphatic hydroxyl groups excluding tert-OH is 1. The molecule has 0 unspecified atom stereocenters. The van der Waals surface area contributed by atoms with E-state index in [1.807, 2.05) is 24.0 Å². The van der Waals surface area contributed by atoms with Gasteiger partial charge in [-0.3, -0.25) is 9.58 Å². The van der Waals surface area contributed by atoms with Crippen molar-refractivity contribution in [2.75, 3.05) is 13.2 Å². The molecule has 1 aliphatic rings. The molecule has 0 aromatic carbocycles. The summed E-state index contributed by atoms with van der Waals surface area (Å²) in [7, 11) is 1.96. The molecule has 1 aromatic heterocycles. The first-order valence-corrected chi connectivity index (χ1v) is 5.13. The van der Waals surface area contributed by atoms with Gasteiger partial charge in [0.2, 0.25) is 0 Å². The van der Waals surface area contributed by atoms with E-state index in [0.717, 1.165) is 19.5 Å². The lowest BCUT2D eigenvalue weighted by Gasteiger charge is -2.22. The zero-order valence-corrected chi connectivity index (χ0v) is 8.56. The van der Waals surface area contributed by atoms with Crippen molar-refractivity contribution >= 4 is 0 Å². The molecule has 0 aliphatic carbocycles. The van der Waals surface area contributed by atoms with Gasteiger partial charge in [-0.15, -0.1) is 0 Å². The lowest BCUT2D eigenvalue weighted by Crippen LogP contribution is -2.32. The third kappa shape index (κ3) is 1.81. The molecule has 0 spiro atoms. The second kappa shape index (κ2) is 4.11. The van der Waals surface area contributed by atoms with Gasteiger partial charge in [-0.1, -0.05) is 0 Å². The number of likely N-dealkylation sites (tertiary alicyclic amines) is 1. The summed E-state index contributed by atoms with van der Waals surface area (Å²) in [6.45, 7) is 2.27. The SMILES string of the molecule is Cn1nccc1CN1CCC[C@@H]1CO. The van der Waals surface area contributed by atoms with E-state index in [0.29, 0.717) is 6.04 Å². The third-order valence-electron chi connectivity index (χ3n) is 3.00. The maximum absolute atomic E-state index is 9.17. The summed E-state index contributed by atoms with van der Waals surface area (Å²) < 4.78 is 1.90. The van der Waals surface area contributed by atoms with Crippen molar-refractivity contribution in [2.24, 2.45) is 7.05 Å². The van der Waals surface area contributed by atoms with Gasteiger partial charge in [0, 0.05) is 25.8 Å². The Morgan fingerprint density at radius 3 is 3.14 bits per heavy atom. The standard InChI is InChI=1S/C10H17N3O/c1-12-9(4-5-11-12)7-13-6-2-3-10(13)8-14/h4-5,10,14H,2-3,6-8H2,1H3/t10-/m1/s1. The number of aliphatic hydroxyl groups is 1. The van der Waals surface area contributed by atoms with Gasteiger partial charge >= 0.3 is 0 Å². The largest absolute Gasteiger partial charge is 0.395 e. The van der Waals surface area contributed by atoms with Gasteiger partial charge in [0.15, 0.2) is 0 Å². The summed E-state index contributed by atoms with van der Waals surface area (Å²) in [6, 6.07) is 2.39. The van der Waals surface area contributed by atoms with Crippen molar-refractivity contribution < 1.29 is 5.11 Å². The van der Waals surface area contributed by atoms with E-state index in [-0.39, 0.29) is 6.61 Å². The van der Waals surface area contributed by atoms with Crippen LogP contribution in [0, 0.1) is 0 Å². The van der Waals surface area contributed by atoms with Gasteiger partial charge in [-0.2, -0.15) is 5.10 Å². The van der Waals surface area contributed by atoms with Crippen LogP contribution in [0.3, 0.4) is 0 Å². The number of rotatable bonds is 3. The van der Waals surface area contributed by atoms with E-state index in [2.05, 4.69) is 10.00 Å². The number of nitrogens with zero attached hydrogens (tertiary/aromatic N) is 3. The van der Waals surface area contributed by atoms with E-state index >= 15 is 0 Å². The van der Waals surface area contributed by atoms with Gasteiger partial charge in [-0.05, 0) is 25.5 Å². The fraction of sp³-hybridized carbons (Fsp3) is 0.700. The average molecular weight is 195 g/mol. The average Bonchev–Trinajstić information content (AvgIpc) is 2.77. The molecule has 1 saturated heterocycles. The van der Waals surface area contributed by atoms with E-state index in [4.69, 9.17) is 0 Å². The Bertz CT molecular complexity index is 297. The first kappa shape index (κ1) is 9.68. The van der Waals surface area contributed by atoms with Crippen molar-refractivity contribution in [3.05, 3.63) is 18.0 Å². The van der Waals surface area contributed by atoms with Crippen molar-refractivity contribution in [1.29, 1.82) is 0 Å². The summed E-state index contributed by atoms with van der Waals surface area (Å²) in [6.07, 6.45) is 4.14. The molecule has 1 aromatic rings. The van der Waals surface area contributed by atoms with Crippen LogP contribution in [-0.2, 0) is 13.6 Å². The highest BCUT2D eigenvalue weighted by Crippen LogP contribution is 2.18. The minimum atomic E-state index is 0.276. The molecular formula is C10H17N3O. The Labute approximate surface area is 84.1 Å². The highest BCUT2D eigenvalue weighted by atomic mass is 16.3.